The number of benzene rings is 1. The Balaban J connectivity index is 2.22. The molecule has 1 aliphatic heterocycles. The Morgan fingerprint density at radius 1 is 1.17 bits per heavy atom. The molecule has 0 amide bonds. The fourth-order valence-electron chi connectivity index (χ4n) is 3.16. The molecule has 100 valence electrons. The van der Waals surface area contributed by atoms with Crippen molar-refractivity contribution in [3.8, 4) is 0 Å². The van der Waals surface area contributed by atoms with Crippen LogP contribution in [-0.2, 0) is 6.42 Å². The highest BCUT2D eigenvalue weighted by Gasteiger charge is 2.34. The van der Waals surface area contributed by atoms with Crippen molar-refractivity contribution in [2.75, 3.05) is 6.54 Å². The van der Waals surface area contributed by atoms with E-state index in [1.165, 1.54) is 49.8 Å². The summed E-state index contributed by atoms with van der Waals surface area (Å²) in [6, 6.07) is 8.85. The summed E-state index contributed by atoms with van der Waals surface area (Å²) in [4.78, 5) is 0. The van der Waals surface area contributed by atoms with Crippen LogP contribution in [0.3, 0.4) is 0 Å². The van der Waals surface area contributed by atoms with Crippen LogP contribution in [0.25, 0.3) is 0 Å². The standard InChI is InChI=1S/C17H27N/c1-14(2)17(11-7-4-8-12-18-17)13-16-10-6-5-9-15(16)3/h5-6,9-10,14,18H,4,7-8,11-13H2,1-3H3. The lowest BCUT2D eigenvalue weighted by Crippen LogP contribution is -2.51. The van der Waals surface area contributed by atoms with E-state index >= 15 is 0 Å². The van der Waals surface area contributed by atoms with Crippen molar-refractivity contribution in [2.24, 2.45) is 5.92 Å². The van der Waals surface area contributed by atoms with Crippen molar-refractivity contribution < 1.29 is 0 Å². The number of hydrogen-bond donors (Lipinski definition) is 1. The van der Waals surface area contributed by atoms with E-state index in [1.54, 1.807) is 0 Å². The Morgan fingerprint density at radius 2 is 1.94 bits per heavy atom. The second-order valence-corrected chi connectivity index (χ2v) is 6.15. The summed E-state index contributed by atoms with van der Waals surface area (Å²) in [7, 11) is 0. The summed E-state index contributed by atoms with van der Waals surface area (Å²) in [6.07, 6.45) is 6.59. The van der Waals surface area contributed by atoms with Gasteiger partial charge in [-0.25, -0.2) is 0 Å². The smallest absolute Gasteiger partial charge is 0.0244 e. The first-order chi connectivity index (χ1) is 8.64. The Kier molecular flexibility index (Phi) is 4.45. The van der Waals surface area contributed by atoms with Crippen molar-refractivity contribution in [1.29, 1.82) is 0 Å². The predicted molar refractivity (Wildman–Crippen MR) is 78.9 cm³/mol. The highest BCUT2D eigenvalue weighted by atomic mass is 15.0. The lowest BCUT2D eigenvalue weighted by molar-refractivity contribution is 0.225. The van der Waals surface area contributed by atoms with E-state index in [0.717, 1.165) is 0 Å². The molecule has 0 aromatic heterocycles. The van der Waals surface area contributed by atoms with Crippen LogP contribution in [0.15, 0.2) is 24.3 Å². The molecule has 1 heterocycles. The molecule has 1 unspecified atom stereocenters. The maximum Gasteiger partial charge on any atom is 0.0244 e. The van der Waals surface area contributed by atoms with E-state index in [4.69, 9.17) is 0 Å². The van der Waals surface area contributed by atoms with Crippen LogP contribution in [-0.4, -0.2) is 12.1 Å². The van der Waals surface area contributed by atoms with Crippen LogP contribution < -0.4 is 5.32 Å². The van der Waals surface area contributed by atoms with Crippen LogP contribution in [0.2, 0.25) is 0 Å². The predicted octanol–water partition coefficient (Wildman–Crippen LogP) is 4.10. The van der Waals surface area contributed by atoms with Crippen LogP contribution in [0.1, 0.15) is 50.7 Å². The fourth-order valence-corrected chi connectivity index (χ4v) is 3.16. The second kappa shape index (κ2) is 5.88. The summed E-state index contributed by atoms with van der Waals surface area (Å²) >= 11 is 0. The van der Waals surface area contributed by atoms with Crippen LogP contribution >= 0.6 is 0 Å². The van der Waals surface area contributed by atoms with Crippen molar-refractivity contribution in [1.82, 2.24) is 5.32 Å². The fraction of sp³-hybridized carbons (Fsp3) is 0.647. The quantitative estimate of drug-likeness (QED) is 0.845. The first kappa shape index (κ1) is 13.6. The average Bonchev–Trinajstić information content (AvgIpc) is 2.59. The van der Waals surface area contributed by atoms with Gasteiger partial charge in [0.25, 0.3) is 0 Å². The van der Waals surface area contributed by atoms with E-state index in [9.17, 15) is 0 Å². The molecule has 1 heteroatoms. The minimum absolute atomic E-state index is 0.308. The summed E-state index contributed by atoms with van der Waals surface area (Å²) in [5.74, 6) is 0.690. The molecule has 1 N–H and O–H groups in total. The minimum atomic E-state index is 0.308. The van der Waals surface area contributed by atoms with Gasteiger partial charge < -0.3 is 5.32 Å². The van der Waals surface area contributed by atoms with Gasteiger partial charge in [-0.05, 0) is 49.8 Å². The number of hydrogen-bond acceptors (Lipinski definition) is 1. The summed E-state index contributed by atoms with van der Waals surface area (Å²) < 4.78 is 0. The van der Waals surface area contributed by atoms with Crippen molar-refractivity contribution in [3.63, 3.8) is 0 Å². The maximum atomic E-state index is 3.87. The van der Waals surface area contributed by atoms with Gasteiger partial charge in [0.15, 0.2) is 0 Å². The van der Waals surface area contributed by atoms with Gasteiger partial charge in [0.2, 0.25) is 0 Å². The summed E-state index contributed by atoms with van der Waals surface area (Å²) in [5.41, 5.74) is 3.26. The van der Waals surface area contributed by atoms with E-state index in [0.29, 0.717) is 11.5 Å². The SMILES string of the molecule is Cc1ccccc1CC1(C(C)C)CCCCCN1. The Morgan fingerprint density at radius 3 is 2.67 bits per heavy atom. The third-order valence-electron chi connectivity index (χ3n) is 4.65. The van der Waals surface area contributed by atoms with Crippen LogP contribution in [0, 0.1) is 12.8 Å². The van der Waals surface area contributed by atoms with Crippen LogP contribution in [0.4, 0.5) is 0 Å². The number of rotatable bonds is 3. The lowest BCUT2D eigenvalue weighted by atomic mass is 9.77. The molecule has 0 radical (unpaired) electrons. The number of nitrogens with one attached hydrogen (secondary N) is 1. The zero-order chi connectivity index (χ0) is 13.0. The highest BCUT2D eigenvalue weighted by molar-refractivity contribution is 5.28. The third-order valence-corrected chi connectivity index (χ3v) is 4.65. The molecule has 1 aliphatic rings. The maximum absolute atomic E-state index is 3.87. The average molecular weight is 245 g/mol. The molecule has 2 rings (SSSR count). The van der Waals surface area contributed by atoms with E-state index in [-0.39, 0.29) is 0 Å². The molecular weight excluding hydrogens is 218 g/mol. The molecular formula is C17H27N. The normalized spacial score (nSPS) is 25.1. The zero-order valence-electron chi connectivity index (χ0n) is 12.1. The van der Waals surface area contributed by atoms with Crippen molar-refractivity contribution in [2.45, 2.75) is 58.4 Å². The minimum Gasteiger partial charge on any atom is -0.311 e. The van der Waals surface area contributed by atoms with Crippen LogP contribution in [0.5, 0.6) is 0 Å². The van der Waals surface area contributed by atoms with E-state index in [2.05, 4.69) is 50.4 Å². The first-order valence-electron chi connectivity index (χ1n) is 7.43. The molecule has 1 fully saturated rings. The molecule has 0 aliphatic carbocycles. The number of aryl methyl sites for hydroxylation is 1. The Labute approximate surface area is 112 Å². The van der Waals surface area contributed by atoms with Gasteiger partial charge in [0, 0.05) is 5.54 Å². The van der Waals surface area contributed by atoms with E-state index in [1.807, 2.05) is 0 Å². The van der Waals surface area contributed by atoms with Gasteiger partial charge in [0.1, 0.15) is 0 Å². The van der Waals surface area contributed by atoms with Gasteiger partial charge in [-0.1, -0.05) is 51.0 Å². The summed E-state index contributed by atoms with van der Waals surface area (Å²) in [6.45, 7) is 8.16. The van der Waals surface area contributed by atoms with Crippen molar-refractivity contribution in [3.05, 3.63) is 35.4 Å². The highest BCUT2D eigenvalue weighted by Crippen LogP contribution is 2.31. The second-order valence-electron chi connectivity index (χ2n) is 6.15. The molecule has 1 aromatic carbocycles. The van der Waals surface area contributed by atoms with Gasteiger partial charge >= 0.3 is 0 Å². The summed E-state index contributed by atoms with van der Waals surface area (Å²) in [5, 5.41) is 3.87. The molecule has 0 saturated carbocycles. The van der Waals surface area contributed by atoms with Gasteiger partial charge in [-0.3, -0.25) is 0 Å². The molecule has 18 heavy (non-hydrogen) atoms. The largest absolute Gasteiger partial charge is 0.311 e. The van der Waals surface area contributed by atoms with E-state index < -0.39 is 0 Å². The molecule has 0 bridgehead atoms. The van der Waals surface area contributed by atoms with Crippen molar-refractivity contribution >= 4 is 0 Å². The first-order valence-corrected chi connectivity index (χ1v) is 7.43. The Hall–Kier alpha value is -0.820. The topological polar surface area (TPSA) is 12.0 Å². The molecule has 1 saturated heterocycles. The van der Waals surface area contributed by atoms with Gasteiger partial charge in [-0.15, -0.1) is 0 Å². The van der Waals surface area contributed by atoms with Gasteiger partial charge in [-0.2, -0.15) is 0 Å². The molecule has 1 nitrogen and oxygen atoms in total. The molecule has 0 spiro atoms. The Bertz CT molecular complexity index is 373. The monoisotopic (exact) mass is 245 g/mol. The molecule has 1 aromatic rings. The zero-order valence-corrected chi connectivity index (χ0v) is 12.1. The van der Waals surface area contributed by atoms with Gasteiger partial charge in [0.05, 0.1) is 0 Å². The lowest BCUT2D eigenvalue weighted by Gasteiger charge is -2.38. The third kappa shape index (κ3) is 2.95. The molecule has 1 atom stereocenters.